The van der Waals surface area contributed by atoms with Crippen LogP contribution in [-0.4, -0.2) is 26.8 Å². The molecule has 1 amide bonds. The lowest BCUT2D eigenvalue weighted by Crippen LogP contribution is -2.16. The van der Waals surface area contributed by atoms with Crippen molar-refractivity contribution in [1.82, 2.24) is 9.78 Å². The van der Waals surface area contributed by atoms with Crippen LogP contribution in [0.3, 0.4) is 0 Å². The van der Waals surface area contributed by atoms with Gasteiger partial charge < -0.3 is 10.4 Å². The number of carboxylic acid groups (broad SMARTS) is 1. The zero-order valence-electron chi connectivity index (χ0n) is 16.1. The molecule has 2 aromatic rings. The van der Waals surface area contributed by atoms with Gasteiger partial charge in [-0.05, 0) is 50.3 Å². The van der Waals surface area contributed by atoms with E-state index in [2.05, 4.69) is 24.3 Å². The highest BCUT2D eigenvalue weighted by Gasteiger charge is 2.33. The number of aromatic nitrogens is 2. The second-order valence-corrected chi connectivity index (χ2v) is 7.51. The molecule has 2 atom stereocenters. The maximum atomic E-state index is 12.8. The Balaban J connectivity index is 1.72. The number of benzene rings is 1. The summed E-state index contributed by atoms with van der Waals surface area (Å²) in [6.45, 7) is 5.93. The third kappa shape index (κ3) is 4.38. The van der Waals surface area contributed by atoms with Gasteiger partial charge in [0.2, 0.25) is 0 Å². The van der Waals surface area contributed by atoms with E-state index in [1.807, 2.05) is 28.9 Å². The van der Waals surface area contributed by atoms with Crippen LogP contribution in [0.25, 0.3) is 0 Å². The topological polar surface area (TPSA) is 84.2 Å². The molecule has 6 heteroatoms. The number of carboxylic acids is 1. The fourth-order valence-corrected chi connectivity index (χ4v) is 3.20. The lowest BCUT2D eigenvalue weighted by molar-refractivity contribution is -0.141. The molecule has 0 spiro atoms. The number of carbonyl (C=O) groups excluding carboxylic acids is 1. The van der Waals surface area contributed by atoms with Crippen molar-refractivity contribution in [2.45, 2.75) is 58.4 Å². The van der Waals surface area contributed by atoms with E-state index in [1.54, 1.807) is 13.1 Å². The summed E-state index contributed by atoms with van der Waals surface area (Å²) >= 11 is 0. The summed E-state index contributed by atoms with van der Waals surface area (Å²) in [4.78, 5) is 23.8. The van der Waals surface area contributed by atoms with Crippen molar-refractivity contribution < 1.29 is 14.7 Å². The Bertz CT molecular complexity index is 822. The van der Waals surface area contributed by atoms with Gasteiger partial charge in [-0.2, -0.15) is 5.10 Å². The molecule has 2 N–H and O–H groups in total. The van der Waals surface area contributed by atoms with E-state index in [4.69, 9.17) is 5.11 Å². The van der Waals surface area contributed by atoms with E-state index in [0.717, 1.165) is 30.5 Å². The molecule has 0 aliphatic heterocycles. The highest BCUT2D eigenvalue weighted by atomic mass is 16.4. The molecule has 27 heavy (non-hydrogen) atoms. The van der Waals surface area contributed by atoms with Crippen LogP contribution < -0.4 is 5.32 Å². The van der Waals surface area contributed by atoms with Crippen molar-refractivity contribution in [3.63, 3.8) is 0 Å². The Kier molecular flexibility index (Phi) is 5.63. The van der Waals surface area contributed by atoms with Crippen molar-refractivity contribution in [2.24, 2.45) is 5.92 Å². The van der Waals surface area contributed by atoms with Crippen molar-refractivity contribution in [3.05, 3.63) is 47.3 Å². The van der Waals surface area contributed by atoms with Gasteiger partial charge in [-0.1, -0.05) is 26.0 Å². The van der Waals surface area contributed by atoms with Gasteiger partial charge in [0.25, 0.3) is 5.91 Å². The molecular formula is C21H27N3O3. The maximum absolute atomic E-state index is 12.8. The first kappa shape index (κ1) is 19.1. The first-order valence-electron chi connectivity index (χ1n) is 9.61. The predicted molar refractivity (Wildman–Crippen MR) is 104 cm³/mol. The van der Waals surface area contributed by atoms with Crippen LogP contribution in [0, 0.1) is 5.92 Å². The van der Waals surface area contributed by atoms with Gasteiger partial charge in [0.05, 0.1) is 23.4 Å². The molecule has 1 aromatic heterocycles. The second kappa shape index (κ2) is 7.94. The van der Waals surface area contributed by atoms with Gasteiger partial charge in [0, 0.05) is 17.6 Å². The summed E-state index contributed by atoms with van der Waals surface area (Å²) in [5.41, 5.74) is 3.34. The molecule has 0 saturated heterocycles. The van der Waals surface area contributed by atoms with Crippen LogP contribution in [0.15, 0.2) is 30.5 Å². The zero-order chi connectivity index (χ0) is 19.6. The Hall–Kier alpha value is -2.63. The molecule has 2 unspecified atom stereocenters. The summed E-state index contributed by atoms with van der Waals surface area (Å²) in [6, 6.07) is 7.63. The molecule has 1 aliphatic carbocycles. The molecule has 1 fully saturated rings. The molecule has 1 heterocycles. The Morgan fingerprint density at radius 2 is 1.93 bits per heavy atom. The number of nitrogens with zero attached hydrogens (tertiary/aromatic N) is 2. The summed E-state index contributed by atoms with van der Waals surface area (Å²) in [5, 5.41) is 16.4. The fourth-order valence-electron chi connectivity index (χ4n) is 3.20. The quantitative estimate of drug-likeness (QED) is 0.729. The van der Waals surface area contributed by atoms with Gasteiger partial charge in [-0.25, -0.2) is 0 Å². The van der Waals surface area contributed by atoms with E-state index in [1.165, 1.54) is 0 Å². The molecule has 0 bridgehead atoms. The molecule has 6 nitrogen and oxygen atoms in total. The minimum Gasteiger partial charge on any atom is -0.481 e. The molecule has 1 aliphatic rings. The van der Waals surface area contributed by atoms with Crippen LogP contribution >= 0.6 is 0 Å². The van der Waals surface area contributed by atoms with Crippen molar-refractivity contribution >= 4 is 17.6 Å². The number of amides is 1. The lowest BCUT2D eigenvalue weighted by Gasteiger charge is -2.14. The number of hydrogen-bond donors (Lipinski definition) is 2. The molecule has 1 saturated carbocycles. The number of aliphatic carboxylic acids is 1. The van der Waals surface area contributed by atoms with Crippen LogP contribution in [0.4, 0.5) is 5.69 Å². The van der Waals surface area contributed by atoms with Crippen LogP contribution in [0.2, 0.25) is 0 Å². The number of anilines is 1. The van der Waals surface area contributed by atoms with Gasteiger partial charge in [0.15, 0.2) is 0 Å². The minimum absolute atomic E-state index is 0.141. The largest absolute Gasteiger partial charge is 0.481 e. The average molecular weight is 369 g/mol. The first-order valence-corrected chi connectivity index (χ1v) is 9.61. The third-order valence-electron chi connectivity index (χ3n) is 5.23. The summed E-state index contributed by atoms with van der Waals surface area (Å²) in [6.07, 6.45) is 5.34. The monoisotopic (exact) mass is 369 g/mol. The number of carbonyl (C=O) groups is 2. The third-order valence-corrected chi connectivity index (χ3v) is 5.23. The van der Waals surface area contributed by atoms with E-state index in [0.29, 0.717) is 23.6 Å². The van der Waals surface area contributed by atoms with Gasteiger partial charge in [-0.3, -0.25) is 14.3 Å². The van der Waals surface area contributed by atoms with Crippen LogP contribution in [0.5, 0.6) is 0 Å². The molecular weight excluding hydrogens is 342 g/mol. The van der Waals surface area contributed by atoms with Crippen molar-refractivity contribution in [3.8, 4) is 0 Å². The van der Waals surface area contributed by atoms with E-state index in [9.17, 15) is 9.59 Å². The maximum Gasteiger partial charge on any atom is 0.306 e. The van der Waals surface area contributed by atoms with E-state index < -0.39 is 11.9 Å². The minimum atomic E-state index is -0.807. The highest BCUT2D eigenvalue weighted by molar-refractivity contribution is 6.05. The summed E-state index contributed by atoms with van der Waals surface area (Å²) in [5.74, 6) is -0.948. The summed E-state index contributed by atoms with van der Waals surface area (Å²) < 4.78 is 2.00. The second-order valence-electron chi connectivity index (χ2n) is 7.51. The number of rotatable bonds is 8. The Labute approximate surface area is 159 Å². The Morgan fingerprint density at radius 3 is 2.48 bits per heavy atom. The zero-order valence-corrected chi connectivity index (χ0v) is 16.1. The molecule has 1 aromatic carbocycles. The van der Waals surface area contributed by atoms with Crippen molar-refractivity contribution in [1.29, 1.82) is 0 Å². The summed E-state index contributed by atoms with van der Waals surface area (Å²) in [7, 11) is 0. The fraction of sp³-hybridized carbons (Fsp3) is 0.476. The first-order chi connectivity index (χ1) is 12.9. The number of nitrogens with one attached hydrogen (secondary N) is 1. The van der Waals surface area contributed by atoms with Crippen LogP contribution in [-0.2, 0) is 11.2 Å². The SMILES string of the molecule is CCC(C)n1ncc(C(=O)Nc2ccc(CC(C)C(=O)O)cc2)c1C1CC1. The predicted octanol–water partition coefficient (Wildman–Crippen LogP) is 4.25. The van der Waals surface area contributed by atoms with Crippen molar-refractivity contribution in [2.75, 3.05) is 5.32 Å². The Morgan fingerprint density at radius 1 is 1.26 bits per heavy atom. The van der Waals surface area contributed by atoms with E-state index in [-0.39, 0.29) is 11.9 Å². The van der Waals surface area contributed by atoms with Gasteiger partial charge in [-0.15, -0.1) is 0 Å². The highest BCUT2D eigenvalue weighted by Crippen LogP contribution is 2.42. The van der Waals surface area contributed by atoms with Gasteiger partial charge in [0.1, 0.15) is 0 Å². The van der Waals surface area contributed by atoms with E-state index >= 15 is 0 Å². The molecule has 0 radical (unpaired) electrons. The normalized spacial score (nSPS) is 16.0. The molecule has 3 rings (SSSR count). The van der Waals surface area contributed by atoms with Crippen LogP contribution in [0.1, 0.15) is 73.6 Å². The smallest absolute Gasteiger partial charge is 0.306 e. The standard InChI is InChI=1S/C21H27N3O3/c1-4-14(3)24-19(16-7-8-16)18(12-22-24)20(25)23-17-9-5-15(6-10-17)11-13(2)21(26)27/h5-6,9-10,12-14,16H,4,7-8,11H2,1-3H3,(H,23,25)(H,26,27). The average Bonchev–Trinajstić information content (AvgIpc) is 3.40. The number of hydrogen-bond acceptors (Lipinski definition) is 3. The lowest BCUT2D eigenvalue weighted by atomic mass is 10.0. The van der Waals surface area contributed by atoms with Gasteiger partial charge >= 0.3 is 5.97 Å². The molecule has 144 valence electrons.